The largest absolute Gasteiger partial charge is 2.00 e. The van der Waals surface area contributed by atoms with Crippen LogP contribution in [0.5, 0.6) is 0 Å². The van der Waals surface area contributed by atoms with E-state index >= 15 is 0 Å². The molecule has 0 atom stereocenters. The summed E-state index contributed by atoms with van der Waals surface area (Å²) in [6, 6.07) is 0. The molecule has 0 aliphatic rings. The van der Waals surface area contributed by atoms with E-state index in [9.17, 15) is 0 Å². The zero-order chi connectivity index (χ0) is 3.41. The second-order valence-electron chi connectivity index (χ2n) is 0.500. The van der Waals surface area contributed by atoms with Crippen LogP contribution in [0.25, 0.3) is 11.5 Å². The molecule has 0 rings (SSSR count). The SMILES string of the molecule is [Co+2].[NH-]CC[NH-]. The van der Waals surface area contributed by atoms with Gasteiger partial charge in [0.15, 0.2) is 0 Å². The van der Waals surface area contributed by atoms with E-state index in [2.05, 4.69) is 0 Å². The Labute approximate surface area is 42.1 Å². The van der Waals surface area contributed by atoms with Crippen LogP contribution in [0, 0.1) is 0 Å². The number of nitrogens with one attached hydrogen (secondary N) is 2. The Kier molecular flexibility index (Phi) is 16.0. The van der Waals surface area contributed by atoms with Gasteiger partial charge in [-0.15, -0.1) is 0 Å². The van der Waals surface area contributed by atoms with Crippen molar-refractivity contribution in [2.24, 2.45) is 0 Å². The van der Waals surface area contributed by atoms with Crippen molar-refractivity contribution in [3.8, 4) is 0 Å². The van der Waals surface area contributed by atoms with E-state index in [1.54, 1.807) is 0 Å². The zero-order valence-electron chi connectivity index (χ0n) is 2.75. The molecule has 0 aliphatic carbocycles. The van der Waals surface area contributed by atoms with Gasteiger partial charge >= 0.3 is 16.8 Å². The zero-order valence-corrected chi connectivity index (χ0v) is 3.79. The van der Waals surface area contributed by atoms with Gasteiger partial charge in [0.05, 0.1) is 0 Å². The molecule has 0 spiro atoms. The van der Waals surface area contributed by atoms with Crippen LogP contribution in [0.1, 0.15) is 0 Å². The van der Waals surface area contributed by atoms with E-state index in [0.29, 0.717) is 0 Å². The van der Waals surface area contributed by atoms with Gasteiger partial charge in [0, 0.05) is 0 Å². The molecule has 0 aromatic rings. The van der Waals surface area contributed by atoms with E-state index < -0.39 is 0 Å². The normalized spacial score (nSPS) is 6.00. The Balaban J connectivity index is 0. The predicted molar refractivity (Wildman–Crippen MR) is 18.4 cm³/mol. The van der Waals surface area contributed by atoms with Gasteiger partial charge in [0.25, 0.3) is 0 Å². The second-order valence-corrected chi connectivity index (χ2v) is 0.500. The first-order chi connectivity index (χ1) is 1.91. The van der Waals surface area contributed by atoms with E-state index in [-0.39, 0.29) is 29.9 Å². The molecule has 0 saturated heterocycles. The van der Waals surface area contributed by atoms with Gasteiger partial charge in [-0.05, 0) is 0 Å². The van der Waals surface area contributed by atoms with Gasteiger partial charge in [-0.3, -0.25) is 0 Å². The van der Waals surface area contributed by atoms with Gasteiger partial charge in [-0.2, -0.15) is 13.1 Å². The first-order valence-electron chi connectivity index (χ1n) is 1.21. The van der Waals surface area contributed by atoms with Gasteiger partial charge in [-0.1, -0.05) is 0 Å². The predicted octanol–water partition coefficient (Wildman–Crippen LogP) is 1.09. The van der Waals surface area contributed by atoms with E-state index in [0.717, 1.165) is 0 Å². The van der Waals surface area contributed by atoms with Crippen LogP contribution in [-0.4, -0.2) is 13.1 Å². The van der Waals surface area contributed by atoms with Crippen LogP contribution in [0.15, 0.2) is 0 Å². The Morgan fingerprint density at radius 2 is 1.20 bits per heavy atom. The third-order valence-electron chi connectivity index (χ3n) is 0.125. The van der Waals surface area contributed by atoms with Crippen molar-refractivity contribution in [3.63, 3.8) is 0 Å². The fourth-order valence-electron chi connectivity index (χ4n) is 0. The van der Waals surface area contributed by atoms with Gasteiger partial charge < -0.3 is 11.5 Å². The first kappa shape index (κ1) is 9.06. The maximum absolute atomic E-state index is 6.26. The molecular weight excluding hydrogens is 111 g/mol. The summed E-state index contributed by atoms with van der Waals surface area (Å²) in [5.41, 5.74) is 12.5. The second kappa shape index (κ2) is 8.83. The number of rotatable bonds is 1. The molecule has 0 fully saturated rings. The molecule has 0 aromatic carbocycles. The Morgan fingerprint density at radius 1 is 1.00 bits per heavy atom. The molecule has 3 heteroatoms. The quantitative estimate of drug-likeness (QED) is 0.493. The van der Waals surface area contributed by atoms with Crippen molar-refractivity contribution in [2.45, 2.75) is 0 Å². The number of hydrogen-bond donors (Lipinski definition) is 0. The van der Waals surface area contributed by atoms with Crippen molar-refractivity contribution >= 4 is 0 Å². The van der Waals surface area contributed by atoms with Crippen molar-refractivity contribution in [1.29, 1.82) is 0 Å². The van der Waals surface area contributed by atoms with Crippen LogP contribution in [0.3, 0.4) is 0 Å². The molecule has 2 nitrogen and oxygen atoms in total. The summed E-state index contributed by atoms with van der Waals surface area (Å²) < 4.78 is 0. The summed E-state index contributed by atoms with van der Waals surface area (Å²) in [5.74, 6) is 0. The Bertz CT molecular complexity index is 9.61. The maximum Gasteiger partial charge on any atom is 2.00 e. The molecule has 0 amide bonds. The maximum atomic E-state index is 6.26. The molecular formula is C2H6CoN2. The van der Waals surface area contributed by atoms with Gasteiger partial charge in [0.1, 0.15) is 0 Å². The molecule has 33 valence electrons. The molecule has 5 heavy (non-hydrogen) atoms. The molecule has 0 heterocycles. The summed E-state index contributed by atoms with van der Waals surface area (Å²) >= 11 is 0. The van der Waals surface area contributed by atoms with Crippen molar-refractivity contribution < 1.29 is 16.8 Å². The third-order valence-corrected chi connectivity index (χ3v) is 0.125. The van der Waals surface area contributed by atoms with Gasteiger partial charge in [0.2, 0.25) is 0 Å². The van der Waals surface area contributed by atoms with E-state index in [1.807, 2.05) is 0 Å². The summed E-state index contributed by atoms with van der Waals surface area (Å²) in [4.78, 5) is 0. The van der Waals surface area contributed by atoms with Crippen molar-refractivity contribution in [1.82, 2.24) is 0 Å². The van der Waals surface area contributed by atoms with Crippen LogP contribution in [-0.2, 0) is 16.8 Å². The summed E-state index contributed by atoms with van der Waals surface area (Å²) in [5, 5.41) is 0. The smallest absolute Gasteiger partial charge is 0.679 e. The number of hydrogen-bond acceptors (Lipinski definition) is 0. The molecule has 0 unspecified atom stereocenters. The molecule has 0 bridgehead atoms. The minimum atomic E-state index is 0. The fraction of sp³-hybridized carbons (Fsp3) is 1.00. The first-order valence-corrected chi connectivity index (χ1v) is 1.21. The van der Waals surface area contributed by atoms with Crippen LogP contribution in [0.2, 0.25) is 0 Å². The van der Waals surface area contributed by atoms with E-state index in [4.69, 9.17) is 11.5 Å². The monoisotopic (exact) mass is 117 g/mol. The minimum Gasteiger partial charge on any atom is -0.679 e. The molecule has 1 radical (unpaired) electrons. The summed E-state index contributed by atoms with van der Waals surface area (Å²) in [6.45, 7) is 0.472. The van der Waals surface area contributed by atoms with E-state index in [1.165, 1.54) is 0 Å². The molecule has 0 aromatic heterocycles. The third kappa shape index (κ3) is 12.8. The topological polar surface area (TPSA) is 47.6 Å². The fourth-order valence-corrected chi connectivity index (χ4v) is 0. The average molecular weight is 117 g/mol. The molecule has 2 N–H and O–H groups in total. The van der Waals surface area contributed by atoms with Crippen molar-refractivity contribution in [3.05, 3.63) is 11.5 Å². The van der Waals surface area contributed by atoms with Crippen LogP contribution in [0.4, 0.5) is 0 Å². The van der Waals surface area contributed by atoms with Crippen molar-refractivity contribution in [2.75, 3.05) is 13.1 Å². The Hall–Kier alpha value is 0.426. The van der Waals surface area contributed by atoms with Gasteiger partial charge in [-0.25, -0.2) is 0 Å². The average Bonchev–Trinajstić information content (AvgIpc) is 1.37. The van der Waals surface area contributed by atoms with Crippen LogP contribution < -0.4 is 0 Å². The minimum absolute atomic E-state index is 0. The Morgan fingerprint density at radius 3 is 1.20 bits per heavy atom. The molecule has 0 aliphatic heterocycles. The summed E-state index contributed by atoms with van der Waals surface area (Å²) in [6.07, 6.45) is 0. The summed E-state index contributed by atoms with van der Waals surface area (Å²) in [7, 11) is 0. The molecule has 0 saturated carbocycles. The standard InChI is InChI=1S/C2H6N2.Co/c3-1-2-4;/h3-4H,1-2H2;/q-2;+2. The van der Waals surface area contributed by atoms with Crippen LogP contribution >= 0.6 is 0 Å².